The van der Waals surface area contributed by atoms with Crippen molar-refractivity contribution in [3.8, 4) is 0 Å². The van der Waals surface area contributed by atoms with Gasteiger partial charge in [0, 0.05) is 9.89 Å². The first kappa shape index (κ1) is 15.0. The molecule has 1 aliphatic carbocycles. The van der Waals surface area contributed by atoms with Crippen molar-refractivity contribution >= 4 is 33.5 Å². The molecule has 5 heteroatoms. The fourth-order valence-corrected chi connectivity index (χ4v) is 3.33. The highest BCUT2D eigenvalue weighted by Crippen LogP contribution is 2.42. The smallest absolute Gasteiger partial charge is 0.337 e. The molecule has 0 aromatic heterocycles. The second-order valence-corrected chi connectivity index (χ2v) is 6.12. The Hall–Kier alpha value is -1.36. The Morgan fingerprint density at radius 2 is 2.00 bits per heavy atom. The van der Waals surface area contributed by atoms with Crippen LogP contribution in [0, 0.1) is 5.41 Å². The normalized spacial score (nSPS) is 16.9. The number of amides is 1. The summed E-state index contributed by atoms with van der Waals surface area (Å²) in [6.07, 6.45) is 4.65. The SMILES string of the molecule is CCC1(C(=O)Nc2c(Br)cccc2C(=O)O)CCCC1. The minimum atomic E-state index is -1.04. The van der Waals surface area contributed by atoms with Gasteiger partial charge in [-0.05, 0) is 47.3 Å². The van der Waals surface area contributed by atoms with Gasteiger partial charge in [0.2, 0.25) is 5.91 Å². The van der Waals surface area contributed by atoms with E-state index in [1.54, 1.807) is 12.1 Å². The summed E-state index contributed by atoms with van der Waals surface area (Å²) < 4.78 is 0.593. The van der Waals surface area contributed by atoms with Gasteiger partial charge in [-0.15, -0.1) is 0 Å². The number of hydrogen-bond acceptors (Lipinski definition) is 2. The van der Waals surface area contributed by atoms with Gasteiger partial charge in [0.25, 0.3) is 0 Å². The van der Waals surface area contributed by atoms with Gasteiger partial charge >= 0.3 is 5.97 Å². The Morgan fingerprint density at radius 3 is 2.55 bits per heavy atom. The molecule has 1 fully saturated rings. The predicted octanol–water partition coefficient (Wildman–Crippen LogP) is 4.06. The highest BCUT2D eigenvalue weighted by Gasteiger charge is 2.39. The summed E-state index contributed by atoms with van der Waals surface area (Å²) in [6.45, 7) is 2.02. The van der Waals surface area contributed by atoms with Crippen molar-refractivity contribution in [2.24, 2.45) is 5.41 Å². The van der Waals surface area contributed by atoms with E-state index in [-0.39, 0.29) is 16.9 Å². The fraction of sp³-hybridized carbons (Fsp3) is 0.467. The number of aromatic carboxylic acids is 1. The highest BCUT2D eigenvalue weighted by molar-refractivity contribution is 9.10. The number of nitrogens with one attached hydrogen (secondary N) is 1. The zero-order chi connectivity index (χ0) is 14.8. The summed E-state index contributed by atoms with van der Waals surface area (Å²) in [5.74, 6) is -1.11. The van der Waals surface area contributed by atoms with Gasteiger partial charge in [-0.3, -0.25) is 4.79 Å². The standard InChI is InChI=1S/C15H18BrNO3/c1-2-15(8-3-4-9-15)14(20)17-12-10(13(18)19)6-5-7-11(12)16/h5-7H,2-4,8-9H2,1H3,(H,17,20)(H,18,19). The van der Waals surface area contributed by atoms with Gasteiger partial charge in [-0.2, -0.15) is 0 Å². The van der Waals surface area contributed by atoms with Crippen LogP contribution in [0.3, 0.4) is 0 Å². The third kappa shape index (κ3) is 2.73. The monoisotopic (exact) mass is 339 g/mol. The maximum absolute atomic E-state index is 12.6. The van der Waals surface area contributed by atoms with E-state index in [0.717, 1.165) is 32.1 Å². The number of hydrogen-bond donors (Lipinski definition) is 2. The summed E-state index contributed by atoms with van der Waals surface area (Å²) in [7, 11) is 0. The Morgan fingerprint density at radius 1 is 1.35 bits per heavy atom. The molecule has 0 heterocycles. The molecule has 1 saturated carbocycles. The van der Waals surface area contributed by atoms with Crippen LogP contribution >= 0.6 is 15.9 Å². The van der Waals surface area contributed by atoms with Crippen LogP contribution in [0.15, 0.2) is 22.7 Å². The van der Waals surface area contributed by atoms with E-state index in [2.05, 4.69) is 21.2 Å². The van der Waals surface area contributed by atoms with Crippen LogP contribution in [0.25, 0.3) is 0 Å². The molecule has 108 valence electrons. The fourth-order valence-electron chi connectivity index (χ4n) is 2.87. The highest BCUT2D eigenvalue weighted by atomic mass is 79.9. The summed E-state index contributed by atoms with van der Waals surface area (Å²) in [6, 6.07) is 4.87. The zero-order valence-corrected chi connectivity index (χ0v) is 13.0. The molecule has 2 rings (SSSR count). The largest absolute Gasteiger partial charge is 0.478 e. The van der Waals surface area contributed by atoms with Gasteiger partial charge in [-0.1, -0.05) is 25.8 Å². The molecule has 1 amide bonds. The van der Waals surface area contributed by atoms with Gasteiger partial charge in [-0.25, -0.2) is 4.79 Å². The van der Waals surface area contributed by atoms with Crippen molar-refractivity contribution in [2.45, 2.75) is 39.0 Å². The first-order chi connectivity index (χ1) is 9.50. The quantitative estimate of drug-likeness (QED) is 0.869. The van der Waals surface area contributed by atoms with E-state index in [0.29, 0.717) is 10.2 Å². The number of carboxylic acid groups (broad SMARTS) is 1. The summed E-state index contributed by atoms with van der Waals surface area (Å²) in [4.78, 5) is 23.8. The van der Waals surface area contributed by atoms with Gasteiger partial charge in [0.05, 0.1) is 11.3 Å². The van der Waals surface area contributed by atoms with Crippen LogP contribution in [-0.4, -0.2) is 17.0 Å². The molecular weight excluding hydrogens is 322 g/mol. The molecule has 1 aromatic rings. The van der Waals surface area contributed by atoms with E-state index in [4.69, 9.17) is 0 Å². The van der Waals surface area contributed by atoms with Crippen LogP contribution in [0.2, 0.25) is 0 Å². The molecule has 0 radical (unpaired) electrons. The second kappa shape index (κ2) is 5.95. The van der Waals surface area contributed by atoms with Crippen LogP contribution in [0.4, 0.5) is 5.69 Å². The number of benzene rings is 1. The van der Waals surface area contributed by atoms with Crippen LogP contribution in [-0.2, 0) is 4.79 Å². The number of rotatable bonds is 4. The number of carbonyl (C=O) groups is 2. The Bertz CT molecular complexity index is 536. The molecule has 1 aliphatic rings. The first-order valence-electron chi connectivity index (χ1n) is 6.83. The molecular formula is C15H18BrNO3. The minimum absolute atomic E-state index is 0.0631. The average molecular weight is 340 g/mol. The number of carboxylic acids is 1. The van der Waals surface area contributed by atoms with Crippen molar-refractivity contribution in [3.05, 3.63) is 28.2 Å². The third-order valence-corrected chi connectivity index (χ3v) is 4.86. The van der Waals surface area contributed by atoms with Crippen molar-refractivity contribution < 1.29 is 14.7 Å². The summed E-state index contributed by atoms with van der Waals surface area (Å²) >= 11 is 3.31. The zero-order valence-electron chi connectivity index (χ0n) is 11.4. The summed E-state index contributed by atoms with van der Waals surface area (Å²) in [5.41, 5.74) is 0.118. The molecule has 1 aromatic carbocycles. The van der Waals surface area contributed by atoms with Crippen LogP contribution in [0.5, 0.6) is 0 Å². The molecule has 4 nitrogen and oxygen atoms in total. The maximum Gasteiger partial charge on any atom is 0.337 e. The number of para-hydroxylation sites is 1. The maximum atomic E-state index is 12.6. The predicted molar refractivity (Wildman–Crippen MR) is 80.9 cm³/mol. The lowest BCUT2D eigenvalue weighted by Crippen LogP contribution is -2.33. The molecule has 0 aliphatic heterocycles. The molecule has 0 atom stereocenters. The van der Waals surface area contributed by atoms with E-state index in [1.807, 2.05) is 6.92 Å². The van der Waals surface area contributed by atoms with Crippen molar-refractivity contribution in [1.29, 1.82) is 0 Å². The van der Waals surface area contributed by atoms with Crippen LogP contribution in [0.1, 0.15) is 49.4 Å². The number of halogens is 1. The van der Waals surface area contributed by atoms with Crippen LogP contribution < -0.4 is 5.32 Å². The minimum Gasteiger partial charge on any atom is -0.478 e. The molecule has 0 bridgehead atoms. The van der Waals surface area contributed by atoms with E-state index < -0.39 is 5.97 Å². The third-order valence-electron chi connectivity index (χ3n) is 4.20. The average Bonchev–Trinajstić information content (AvgIpc) is 2.90. The lowest BCUT2D eigenvalue weighted by atomic mass is 9.82. The second-order valence-electron chi connectivity index (χ2n) is 5.26. The van der Waals surface area contributed by atoms with Gasteiger partial charge in [0.15, 0.2) is 0 Å². The molecule has 20 heavy (non-hydrogen) atoms. The van der Waals surface area contributed by atoms with E-state index in [9.17, 15) is 14.7 Å². The molecule has 0 saturated heterocycles. The lowest BCUT2D eigenvalue weighted by Gasteiger charge is -2.26. The van der Waals surface area contributed by atoms with Gasteiger partial charge < -0.3 is 10.4 Å². The van der Waals surface area contributed by atoms with E-state index in [1.165, 1.54) is 6.07 Å². The van der Waals surface area contributed by atoms with Crippen molar-refractivity contribution in [1.82, 2.24) is 0 Å². The van der Waals surface area contributed by atoms with E-state index >= 15 is 0 Å². The lowest BCUT2D eigenvalue weighted by molar-refractivity contribution is -0.125. The molecule has 0 unspecified atom stereocenters. The topological polar surface area (TPSA) is 66.4 Å². The van der Waals surface area contributed by atoms with Crippen molar-refractivity contribution in [2.75, 3.05) is 5.32 Å². The molecule has 0 spiro atoms. The molecule has 2 N–H and O–H groups in total. The Labute approximate surface area is 126 Å². The first-order valence-corrected chi connectivity index (χ1v) is 7.63. The summed E-state index contributed by atoms with van der Waals surface area (Å²) in [5, 5.41) is 12.0. The number of carbonyl (C=O) groups excluding carboxylic acids is 1. The Kier molecular flexibility index (Phi) is 4.48. The Balaban J connectivity index is 2.30. The van der Waals surface area contributed by atoms with Gasteiger partial charge in [0.1, 0.15) is 0 Å². The number of anilines is 1. The van der Waals surface area contributed by atoms with Crippen molar-refractivity contribution in [3.63, 3.8) is 0 Å².